The van der Waals surface area contributed by atoms with E-state index in [1.54, 1.807) is 6.92 Å². The molecular formula is C25H35N5O3. The summed E-state index contributed by atoms with van der Waals surface area (Å²) in [4.78, 5) is 27.1. The van der Waals surface area contributed by atoms with Gasteiger partial charge in [-0.25, -0.2) is 4.79 Å². The fourth-order valence-corrected chi connectivity index (χ4v) is 3.95. The van der Waals surface area contributed by atoms with Gasteiger partial charge in [0.25, 0.3) is 5.91 Å². The van der Waals surface area contributed by atoms with E-state index >= 15 is 0 Å². The van der Waals surface area contributed by atoms with Crippen LogP contribution in [0.4, 0.5) is 21.9 Å². The number of nitrogens with one attached hydrogen (secondary N) is 3. The van der Waals surface area contributed by atoms with E-state index in [9.17, 15) is 9.59 Å². The number of carbonyl (C=O) groups is 2. The molecule has 178 valence electrons. The predicted molar refractivity (Wildman–Crippen MR) is 132 cm³/mol. The van der Waals surface area contributed by atoms with Gasteiger partial charge in [-0.1, -0.05) is 38.1 Å². The van der Waals surface area contributed by atoms with E-state index < -0.39 is 6.09 Å². The molecule has 2 aromatic rings. The lowest BCUT2D eigenvalue weighted by molar-refractivity contribution is -0.120. The van der Waals surface area contributed by atoms with Gasteiger partial charge < -0.3 is 15.0 Å². The lowest BCUT2D eigenvalue weighted by Crippen LogP contribution is -2.45. The lowest BCUT2D eigenvalue weighted by Gasteiger charge is -2.28. The second kappa shape index (κ2) is 12.2. The Labute approximate surface area is 196 Å². The highest BCUT2D eigenvalue weighted by molar-refractivity contribution is 5.88. The number of benzene rings is 2. The Kier molecular flexibility index (Phi) is 9.09. The Hall–Kier alpha value is -3.10. The third-order valence-electron chi connectivity index (χ3n) is 5.77. The Morgan fingerprint density at radius 2 is 1.73 bits per heavy atom. The predicted octanol–water partition coefficient (Wildman–Crippen LogP) is 3.45. The number of anilines is 3. The van der Waals surface area contributed by atoms with E-state index in [0.717, 1.165) is 61.5 Å². The summed E-state index contributed by atoms with van der Waals surface area (Å²) < 4.78 is 5.00. The van der Waals surface area contributed by atoms with Crippen LogP contribution in [0.2, 0.25) is 0 Å². The second-order valence-electron chi connectivity index (χ2n) is 7.89. The molecule has 0 fully saturated rings. The highest BCUT2D eigenvalue weighted by atomic mass is 16.5. The van der Waals surface area contributed by atoms with Crippen molar-refractivity contribution in [3.8, 4) is 0 Å². The Morgan fingerprint density at radius 3 is 2.45 bits per heavy atom. The molecule has 2 aromatic carbocycles. The van der Waals surface area contributed by atoms with Crippen LogP contribution < -0.4 is 21.1 Å². The van der Waals surface area contributed by atoms with Crippen LogP contribution in [0.1, 0.15) is 31.9 Å². The number of para-hydroxylation sites is 1. The topological polar surface area (TPSA) is 85.9 Å². The van der Waals surface area contributed by atoms with E-state index in [0.29, 0.717) is 12.3 Å². The first-order valence-electron chi connectivity index (χ1n) is 11.7. The van der Waals surface area contributed by atoms with Crippen molar-refractivity contribution in [2.45, 2.75) is 33.6 Å². The molecule has 0 bridgehead atoms. The molecule has 0 atom stereocenters. The van der Waals surface area contributed by atoms with E-state index in [4.69, 9.17) is 4.74 Å². The zero-order chi connectivity index (χ0) is 23.6. The zero-order valence-electron chi connectivity index (χ0n) is 19.8. The van der Waals surface area contributed by atoms with Crippen LogP contribution in [-0.4, -0.2) is 56.2 Å². The largest absolute Gasteiger partial charge is 0.450 e. The number of likely N-dealkylation sites (N-methyl/N-ethyl adjacent to an activating group) is 1. The average molecular weight is 454 g/mol. The second-order valence-corrected chi connectivity index (χ2v) is 7.89. The van der Waals surface area contributed by atoms with E-state index in [1.165, 1.54) is 0 Å². The van der Waals surface area contributed by atoms with E-state index in [1.807, 2.05) is 41.4 Å². The van der Waals surface area contributed by atoms with Crippen LogP contribution in [0.25, 0.3) is 0 Å². The number of hydrogen-bond donors (Lipinski definition) is 3. The van der Waals surface area contributed by atoms with Crippen molar-refractivity contribution in [2.75, 3.05) is 49.7 Å². The third kappa shape index (κ3) is 6.69. The number of hydrazine groups is 1. The maximum atomic E-state index is 12.9. The maximum absolute atomic E-state index is 12.9. The quantitative estimate of drug-likeness (QED) is 0.478. The molecule has 3 N–H and O–H groups in total. The van der Waals surface area contributed by atoms with Crippen molar-refractivity contribution in [1.29, 1.82) is 0 Å². The van der Waals surface area contributed by atoms with Crippen molar-refractivity contribution in [1.82, 2.24) is 15.6 Å². The minimum Gasteiger partial charge on any atom is -0.450 e. The molecule has 0 aliphatic carbocycles. The SMILES string of the molecule is CCOC(=O)Nc1ccc2c(c1)N(NC(=O)CNCCN(CC)CC)c1ccccc1CC2. The van der Waals surface area contributed by atoms with Gasteiger partial charge in [0.1, 0.15) is 0 Å². The summed E-state index contributed by atoms with van der Waals surface area (Å²) in [6.45, 7) is 10.2. The minimum absolute atomic E-state index is 0.124. The number of amides is 2. The molecule has 0 spiro atoms. The molecule has 0 saturated carbocycles. The number of aryl methyl sites for hydroxylation is 2. The summed E-state index contributed by atoms with van der Waals surface area (Å²) in [5.41, 5.74) is 7.70. The van der Waals surface area contributed by atoms with Crippen LogP contribution >= 0.6 is 0 Å². The Morgan fingerprint density at radius 1 is 1.00 bits per heavy atom. The van der Waals surface area contributed by atoms with Crippen molar-refractivity contribution in [2.24, 2.45) is 0 Å². The van der Waals surface area contributed by atoms with Gasteiger partial charge in [-0.05, 0) is 62.2 Å². The monoisotopic (exact) mass is 453 g/mol. The summed E-state index contributed by atoms with van der Waals surface area (Å²) in [5, 5.41) is 7.83. The minimum atomic E-state index is -0.500. The fraction of sp³-hybridized carbons (Fsp3) is 0.440. The van der Waals surface area contributed by atoms with Gasteiger partial charge in [0, 0.05) is 18.8 Å². The number of carbonyl (C=O) groups excluding carboxylic acids is 2. The first kappa shape index (κ1) is 24.5. The Balaban J connectivity index is 1.78. The first-order valence-corrected chi connectivity index (χ1v) is 11.7. The lowest BCUT2D eigenvalue weighted by atomic mass is 10.0. The highest BCUT2D eigenvalue weighted by Gasteiger charge is 2.23. The van der Waals surface area contributed by atoms with Crippen LogP contribution in [-0.2, 0) is 22.4 Å². The zero-order valence-corrected chi connectivity index (χ0v) is 19.8. The van der Waals surface area contributed by atoms with Crippen LogP contribution in [0, 0.1) is 0 Å². The molecule has 33 heavy (non-hydrogen) atoms. The third-order valence-corrected chi connectivity index (χ3v) is 5.77. The molecule has 2 amide bonds. The van der Waals surface area contributed by atoms with Crippen molar-refractivity contribution < 1.29 is 14.3 Å². The number of nitrogens with zero attached hydrogens (tertiary/aromatic N) is 2. The molecule has 1 aliphatic rings. The van der Waals surface area contributed by atoms with Gasteiger partial charge in [-0.15, -0.1) is 0 Å². The first-order chi connectivity index (χ1) is 16.0. The van der Waals surface area contributed by atoms with Gasteiger partial charge in [0.2, 0.25) is 0 Å². The van der Waals surface area contributed by atoms with E-state index in [-0.39, 0.29) is 12.5 Å². The molecule has 3 rings (SSSR count). The summed E-state index contributed by atoms with van der Waals surface area (Å²) >= 11 is 0. The van der Waals surface area contributed by atoms with Gasteiger partial charge in [0.15, 0.2) is 0 Å². The van der Waals surface area contributed by atoms with Crippen LogP contribution in [0.15, 0.2) is 42.5 Å². The molecule has 1 aliphatic heterocycles. The number of fused-ring (bicyclic) bond motifs is 2. The molecule has 0 saturated heterocycles. The van der Waals surface area contributed by atoms with Gasteiger partial charge in [-0.3, -0.25) is 20.5 Å². The van der Waals surface area contributed by atoms with Crippen molar-refractivity contribution in [3.63, 3.8) is 0 Å². The van der Waals surface area contributed by atoms with Gasteiger partial charge in [0.05, 0.1) is 24.5 Å². The molecule has 0 radical (unpaired) electrons. The smallest absolute Gasteiger partial charge is 0.411 e. The van der Waals surface area contributed by atoms with Gasteiger partial charge in [-0.2, -0.15) is 0 Å². The molecule has 0 unspecified atom stereocenters. The van der Waals surface area contributed by atoms with Crippen molar-refractivity contribution >= 4 is 29.1 Å². The maximum Gasteiger partial charge on any atom is 0.411 e. The Bertz CT molecular complexity index is 945. The van der Waals surface area contributed by atoms with Gasteiger partial charge >= 0.3 is 6.09 Å². The van der Waals surface area contributed by atoms with Crippen LogP contribution in [0.3, 0.4) is 0 Å². The molecule has 8 heteroatoms. The summed E-state index contributed by atoms with van der Waals surface area (Å²) in [6, 6.07) is 13.8. The molecule has 8 nitrogen and oxygen atoms in total. The number of rotatable bonds is 10. The van der Waals surface area contributed by atoms with Crippen LogP contribution in [0.5, 0.6) is 0 Å². The number of ether oxygens (including phenoxy) is 1. The van der Waals surface area contributed by atoms with Crippen molar-refractivity contribution in [3.05, 3.63) is 53.6 Å². The standard InChI is InChI=1S/C25H35N5O3/c1-4-29(5-2)16-15-26-18-24(31)28-30-22-10-8-7-9-19(22)11-12-20-13-14-21(17-23(20)30)27-25(32)33-6-3/h7-10,13-14,17,26H,4-6,11-12,15-16,18H2,1-3H3,(H,27,32)(H,28,31). The summed E-state index contributed by atoms with van der Waals surface area (Å²) in [6.07, 6.45) is 1.20. The number of hydrogen-bond acceptors (Lipinski definition) is 6. The fourth-order valence-electron chi connectivity index (χ4n) is 3.95. The average Bonchev–Trinajstić information content (AvgIpc) is 2.96. The highest BCUT2D eigenvalue weighted by Crippen LogP contribution is 2.36. The molecule has 1 heterocycles. The molecule has 0 aromatic heterocycles. The molecular weight excluding hydrogens is 418 g/mol. The summed E-state index contributed by atoms with van der Waals surface area (Å²) in [5.74, 6) is -0.124. The van der Waals surface area contributed by atoms with E-state index in [2.05, 4.69) is 40.9 Å². The summed E-state index contributed by atoms with van der Waals surface area (Å²) in [7, 11) is 0. The normalized spacial score (nSPS) is 12.5.